The molecule has 3 heterocycles. The van der Waals surface area contributed by atoms with Crippen LogP contribution >= 0.6 is 11.3 Å². The summed E-state index contributed by atoms with van der Waals surface area (Å²) >= 11 is 1.39. The molecule has 2 aromatic heterocycles. The lowest BCUT2D eigenvalue weighted by molar-refractivity contribution is -0.119. The number of aromatic hydroxyl groups is 1. The van der Waals surface area contributed by atoms with E-state index in [1.807, 2.05) is 24.3 Å². The van der Waals surface area contributed by atoms with Gasteiger partial charge in [0, 0.05) is 42.3 Å². The number of piperidine rings is 1. The van der Waals surface area contributed by atoms with Crippen molar-refractivity contribution >= 4 is 40.0 Å². The molecule has 4 N–H and O–H groups in total. The first-order chi connectivity index (χ1) is 19.3. The Morgan fingerprint density at radius 1 is 1.10 bits per heavy atom. The van der Waals surface area contributed by atoms with Gasteiger partial charge in [0.1, 0.15) is 28.9 Å². The van der Waals surface area contributed by atoms with Gasteiger partial charge < -0.3 is 25.8 Å². The molecule has 10 nitrogen and oxygen atoms in total. The first-order valence-electron chi connectivity index (χ1n) is 12.9. The predicted molar refractivity (Wildman–Crippen MR) is 151 cm³/mol. The number of nitrogens with zero attached hydrogens (tertiary/aromatic N) is 3. The number of rotatable bonds is 8. The molecular formula is C29H29N5O5S. The molecule has 0 spiro atoms. The van der Waals surface area contributed by atoms with Crippen LogP contribution in [0.15, 0.2) is 60.0 Å². The molecule has 1 saturated heterocycles. The van der Waals surface area contributed by atoms with Gasteiger partial charge in [-0.15, -0.1) is 11.3 Å². The van der Waals surface area contributed by atoms with Crippen LogP contribution in [0.4, 0.5) is 0 Å². The van der Waals surface area contributed by atoms with E-state index < -0.39 is 17.9 Å². The minimum absolute atomic E-state index is 0.110. The molecule has 1 aliphatic heterocycles. The molecule has 206 valence electrons. The second-order valence-electron chi connectivity index (χ2n) is 9.66. The van der Waals surface area contributed by atoms with Gasteiger partial charge in [-0.05, 0) is 42.7 Å². The number of nitrogens with one attached hydrogen (secondary N) is 1. The minimum Gasteiger partial charge on any atom is -0.508 e. The van der Waals surface area contributed by atoms with Crippen LogP contribution < -0.4 is 15.8 Å². The van der Waals surface area contributed by atoms with Crippen LogP contribution in [0, 0.1) is 0 Å². The number of pyridine rings is 1. The number of hydrogen-bond acceptors (Lipinski definition) is 8. The number of hydrogen-bond donors (Lipinski definition) is 3. The number of phenolic OH excluding ortho intramolecular Hbond substituents is 1. The maximum absolute atomic E-state index is 13.2. The summed E-state index contributed by atoms with van der Waals surface area (Å²) in [4.78, 5) is 49.0. The quantitative estimate of drug-likeness (QED) is 0.300. The molecule has 1 fully saturated rings. The number of phenols is 1. The number of nitrogens with two attached hydrogens (primary N) is 1. The average molecular weight is 560 g/mol. The average Bonchev–Trinajstić information content (AvgIpc) is 3.47. The molecule has 40 heavy (non-hydrogen) atoms. The lowest BCUT2D eigenvalue weighted by Crippen LogP contribution is -2.46. The van der Waals surface area contributed by atoms with Crippen molar-refractivity contribution in [1.29, 1.82) is 0 Å². The van der Waals surface area contributed by atoms with Crippen molar-refractivity contribution in [2.45, 2.75) is 31.2 Å². The van der Waals surface area contributed by atoms with Crippen molar-refractivity contribution in [3.63, 3.8) is 0 Å². The summed E-state index contributed by atoms with van der Waals surface area (Å²) in [6.45, 7) is 1.08. The van der Waals surface area contributed by atoms with Crippen LogP contribution in [0.5, 0.6) is 11.5 Å². The minimum atomic E-state index is -0.918. The van der Waals surface area contributed by atoms with E-state index in [4.69, 9.17) is 10.5 Å². The summed E-state index contributed by atoms with van der Waals surface area (Å²) in [5, 5.41) is 15.5. The summed E-state index contributed by atoms with van der Waals surface area (Å²) in [6, 6.07) is 14.7. The molecule has 11 heteroatoms. The number of carbonyl (C=O) groups is 3. The van der Waals surface area contributed by atoms with Gasteiger partial charge in [0.15, 0.2) is 0 Å². The predicted octanol–water partition coefficient (Wildman–Crippen LogP) is 3.25. The summed E-state index contributed by atoms with van der Waals surface area (Å²) in [7, 11) is 1.58. The van der Waals surface area contributed by atoms with E-state index in [1.165, 1.54) is 23.5 Å². The maximum atomic E-state index is 13.2. The van der Waals surface area contributed by atoms with Crippen molar-refractivity contribution < 1.29 is 24.2 Å². The first kappa shape index (κ1) is 27.1. The number of carbonyl (C=O) groups excluding carboxylic acids is 3. The maximum Gasteiger partial charge on any atom is 0.272 e. The summed E-state index contributed by atoms with van der Waals surface area (Å²) in [5.41, 5.74) is 7.55. The molecule has 0 radical (unpaired) electrons. The van der Waals surface area contributed by atoms with Crippen LogP contribution in [0.3, 0.4) is 0 Å². The van der Waals surface area contributed by atoms with Crippen LogP contribution in [-0.4, -0.2) is 63.9 Å². The number of amides is 3. The van der Waals surface area contributed by atoms with Crippen molar-refractivity contribution in [2.24, 2.45) is 5.73 Å². The lowest BCUT2D eigenvalue weighted by atomic mass is 9.97. The summed E-state index contributed by atoms with van der Waals surface area (Å²) in [6.07, 6.45) is 1.61. The monoisotopic (exact) mass is 559 g/mol. The van der Waals surface area contributed by atoms with Crippen LogP contribution in [0.2, 0.25) is 0 Å². The van der Waals surface area contributed by atoms with E-state index in [9.17, 15) is 19.5 Å². The molecule has 0 bridgehead atoms. The topological polar surface area (TPSA) is 148 Å². The van der Waals surface area contributed by atoms with Gasteiger partial charge >= 0.3 is 0 Å². The zero-order chi connectivity index (χ0) is 28.2. The Morgan fingerprint density at radius 3 is 2.52 bits per heavy atom. The van der Waals surface area contributed by atoms with Crippen molar-refractivity contribution in [3.05, 3.63) is 81.9 Å². The highest BCUT2D eigenvalue weighted by Crippen LogP contribution is 2.32. The highest BCUT2D eigenvalue weighted by atomic mass is 32.1. The van der Waals surface area contributed by atoms with Gasteiger partial charge in [0.05, 0.1) is 17.6 Å². The highest BCUT2D eigenvalue weighted by Gasteiger charge is 2.29. The number of primary amides is 1. The van der Waals surface area contributed by atoms with Crippen LogP contribution in [0.25, 0.3) is 10.9 Å². The number of aromatic nitrogens is 2. The van der Waals surface area contributed by atoms with E-state index in [1.54, 1.807) is 35.6 Å². The molecule has 5 rings (SSSR count). The zero-order valence-electron chi connectivity index (χ0n) is 21.9. The molecule has 2 aromatic carbocycles. The van der Waals surface area contributed by atoms with Gasteiger partial charge in [-0.25, -0.2) is 9.97 Å². The SMILES string of the molecule is COc1cc(C(=O)N2CCC(c3nc(C(=O)NC(Cc4ccc(O)cc4)C(N)=O)cs3)CC2)nc2ccccc12. The Bertz CT molecular complexity index is 1550. The third-order valence-electron chi connectivity index (χ3n) is 7.03. The van der Waals surface area contributed by atoms with Crippen LogP contribution in [0.1, 0.15) is 50.3 Å². The summed E-state index contributed by atoms with van der Waals surface area (Å²) < 4.78 is 5.49. The highest BCUT2D eigenvalue weighted by molar-refractivity contribution is 7.09. The van der Waals surface area contributed by atoms with E-state index in [-0.39, 0.29) is 29.7 Å². The van der Waals surface area contributed by atoms with Gasteiger partial charge in [-0.3, -0.25) is 14.4 Å². The molecule has 0 aliphatic carbocycles. The number of thiazole rings is 1. The molecule has 1 unspecified atom stereocenters. The van der Waals surface area contributed by atoms with Crippen molar-refractivity contribution in [2.75, 3.05) is 20.2 Å². The Hall–Kier alpha value is -4.51. The standard InChI is InChI=1S/C29H29N5O5S/c1-39-25-15-23(31-21-5-3-2-4-20(21)25)29(38)34-12-10-18(11-13-34)28-33-24(16-40-28)27(37)32-22(26(30)36)14-17-6-8-19(35)9-7-17/h2-9,15-16,18,22,35H,10-14H2,1H3,(H2,30,36)(H,32,37). The third-order valence-corrected chi connectivity index (χ3v) is 8.04. The first-order valence-corrected chi connectivity index (χ1v) is 13.8. The summed E-state index contributed by atoms with van der Waals surface area (Å²) in [5.74, 6) is -0.453. The van der Waals surface area contributed by atoms with Gasteiger partial charge in [0.25, 0.3) is 11.8 Å². The van der Waals surface area contributed by atoms with Gasteiger partial charge in [-0.1, -0.05) is 24.3 Å². The lowest BCUT2D eigenvalue weighted by Gasteiger charge is -2.31. The number of para-hydroxylation sites is 1. The smallest absolute Gasteiger partial charge is 0.272 e. The Morgan fingerprint density at radius 2 is 1.82 bits per heavy atom. The third kappa shape index (κ3) is 5.89. The van der Waals surface area contributed by atoms with Crippen LogP contribution in [-0.2, 0) is 11.2 Å². The van der Waals surface area contributed by atoms with E-state index >= 15 is 0 Å². The van der Waals surface area contributed by atoms with E-state index in [2.05, 4.69) is 15.3 Å². The number of fused-ring (bicyclic) bond motifs is 1. The number of benzene rings is 2. The van der Waals surface area contributed by atoms with Gasteiger partial charge in [0.2, 0.25) is 5.91 Å². The fraction of sp³-hybridized carbons (Fsp3) is 0.276. The zero-order valence-corrected chi connectivity index (χ0v) is 22.7. The number of likely N-dealkylation sites (tertiary alicyclic amines) is 1. The molecule has 1 atom stereocenters. The normalized spacial score (nSPS) is 14.6. The molecule has 3 amide bonds. The Labute approximate surface area is 234 Å². The molecular weight excluding hydrogens is 530 g/mol. The second kappa shape index (κ2) is 11.7. The molecule has 0 saturated carbocycles. The Balaban J connectivity index is 1.20. The van der Waals surface area contributed by atoms with E-state index in [0.29, 0.717) is 42.9 Å². The fourth-order valence-corrected chi connectivity index (χ4v) is 5.79. The largest absolute Gasteiger partial charge is 0.508 e. The fourth-order valence-electron chi connectivity index (χ4n) is 4.82. The molecule has 1 aliphatic rings. The van der Waals surface area contributed by atoms with E-state index in [0.717, 1.165) is 16.0 Å². The number of methoxy groups -OCH3 is 1. The Kier molecular flexibility index (Phi) is 7.92. The van der Waals surface area contributed by atoms with Crippen molar-refractivity contribution in [1.82, 2.24) is 20.2 Å². The second-order valence-corrected chi connectivity index (χ2v) is 10.6. The number of ether oxygens (including phenoxy) is 1. The van der Waals surface area contributed by atoms with Gasteiger partial charge in [-0.2, -0.15) is 0 Å². The molecule has 4 aromatic rings. The van der Waals surface area contributed by atoms with Crippen molar-refractivity contribution in [3.8, 4) is 11.5 Å².